The van der Waals surface area contributed by atoms with Gasteiger partial charge in [-0.05, 0) is 12.1 Å². The summed E-state index contributed by atoms with van der Waals surface area (Å²) >= 11 is 7.11. The number of nitrogens with one attached hydrogen (secondary N) is 2. The van der Waals surface area contributed by atoms with Gasteiger partial charge in [0.05, 0.1) is 17.8 Å². The van der Waals surface area contributed by atoms with Crippen molar-refractivity contribution in [2.24, 2.45) is 0 Å². The first-order valence-electron chi connectivity index (χ1n) is 5.67. The minimum absolute atomic E-state index is 0.0985. The molecule has 2 aromatic rings. The fourth-order valence-electron chi connectivity index (χ4n) is 1.43. The Kier molecular flexibility index (Phi) is 4.65. The maximum atomic E-state index is 11.8. The number of rotatable bonds is 4. The number of aromatic nitrogens is 2. The van der Waals surface area contributed by atoms with E-state index in [1.54, 1.807) is 17.5 Å². The molecule has 20 heavy (non-hydrogen) atoms. The molecular formula is C12H11ClN4O2S. The molecule has 104 valence electrons. The molecule has 0 aliphatic heterocycles. The van der Waals surface area contributed by atoms with Crippen molar-refractivity contribution in [2.75, 3.05) is 10.6 Å². The first-order valence-corrected chi connectivity index (χ1v) is 6.92. The van der Waals surface area contributed by atoms with Crippen LogP contribution in [0.15, 0.2) is 23.7 Å². The van der Waals surface area contributed by atoms with E-state index in [1.807, 2.05) is 0 Å². The Hall–Kier alpha value is -1.99. The molecule has 2 N–H and O–H groups in total. The molecule has 2 aromatic heterocycles. The van der Waals surface area contributed by atoms with Gasteiger partial charge in [0.15, 0.2) is 10.3 Å². The van der Waals surface area contributed by atoms with Crippen molar-refractivity contribution in [2.45, 2.75) is 13.3 Å². The summed E-state index contributed by atoms with van der Waals surface area (Å²) < 4.78 is 0. The van der Waals surface area contributed by atoms with Crippen LogP contribution < -0.4 is 10.6 Å². The molecule has 0 fully saturated rings. The quantitative estimate of drug-likeness (QED) is 0.849. The van der Waals surface area contributed by atoms with Gasteiger partial charge in [0, 0.05) is 18.5 Å². The lowest BCUT2D eigenvalue weighted by Crippen LogP contribution is -2.15. The zero-order chi connectivity index (χ0) is 14.5. The number of pyridine rings is 1. The minimum atomic E-state index is -0.250. The van der Waals surface area contributed by atoms with E-state index in [2.05, 4.69) is 20.6 Å². The highest BCUT2D eigenvalue weighted by Crippen LogP contribution is 2.19. The van der Waals surface area contributed by atoms with E-state index in [0.29, 0.717) is 16.5 Å². The van der Waals surface area contributed by atoms with Crippen LogP contribution in [0.2, 0.25) is 5.15 Å². The molecule has 0 bridgehead atoms. The summed E-state index contributed by atoms with van der Waals surface area (Å²) in [5.74, 6) is -0.447. The molecule has 0 atom stereocenters. The standard InChI is InChI=1S/C12H11ClN4O2S/c1-7(18)15-12-16-8(6-20-12)5-10(19)17-9-3-2-4-14-11(9)13/h2-4,6H,5H2,1H3,(H,17,19)(H,15,16,18). The van der Waals surface area contributed by atoms with Crippen LogP contribution >= 0.6 is 22.9 Å². The number of hydrogen-bond acceptors (Lipinski definition) is 5. The summed E-state index contributed by atoms with van der Waals surface area (Å²) in [5.41, 5.74) is 1.03. The molecule has 2 amide bonds. The van der Waals surface area contributed by atoms with E-state index in [1.165, 1.54) is 24.5 Å². The third-order valence-electron chi connectivity index (χ3n) is 2.21. The molecule has 2 rings (SSSR count). The largest absolute Gasteiger partial charge is 0.323 e. The summed E-state index contributed by atoms with van der Waals surface area (Å²) in [4.78, 5) is 30.7. The lowest BCUT2D eigenvalue weighted by atomic mass is 10.3. The second-order valence-electron chi connectivity index (χ2n) is 3.89. The van der Waals surface area contributed by atoms with Gasteiger partial charge in [-0.2, -0.15) is 0 Å². The topological polar surface area (TPSA) is 84.0 Å². The Morgan fingerprint density at radius 1 is 1.40 bits per heavy atom. The molecule has 0 saturated carbocycles. The van der Waals surface area contributed by atoms with Crippen molar-refractivity contribution >= 4 is 45.6 Å². The number of carbonyl (C=O) groups is 2. The van der Waals surface area contributed by atoms with Gasteiger partial charge in [0.25, 0.3) is 0 Å². The van der Waals surface area contributed by atoms with Gasteiger partial charge < -0.3 is 10.6 Å². The number of amides is 2. The molecule has 0 saturated heterocycles. The first-order chi connectivity index (χ1) is 9.54. The van der Waals surface area contributed by atoms with E-state index in [4.69, 9.17) is 11.6 Å². The van der Waals surface area contributed by atoms with E-state index < -0.39 is 0 Å². The number of hydrogen-bond donors (Lipinski definition) is 2. The summed E-state index contributed by atoms with van der Waals surface area (Å²) in [7, 11) is 0. The molecule has 6 nitrogen and oxygen atoms in total. The lowest BCUT2D eigenvalue weighted by Gasteiger charge is -2.04. The lowest BCUT2D eigenvalue weighted by molar-refractivity contribution is -0.116. The molecule has 0 aliphatic carbocycles. The average molecular weight is 311 g/mol. The van der Waals surface area contributed by atoms with Crippen molar-refractivity contribution in [3.63, 3.8) is 0 Å². The maximum Gasteiger partial charge on any atom is 0.230 e. The van der Waals surface area contributed by atoms with Crippen LogP contribution in [0.5, 0.6) is 0 Å². The number of anilines is 2. The normalized spacial score (nSPS) is 10.1. The monoisotopic (exact) mass is 310 g/mol. The molecular weight excluding hydrogens is 300 g/mol. The van der Waals surface area contributed by atoms with Gasteiger partial charge >= 0.3 is 0 Å². The summed E-state index contributed by atoms with van der Waals surface area (Å²) in [5, 5.41) is 7.64. The first kappa shape index (κ1) is 14.4. The van der Waals surface area contributed by atoms with E-state index in [-0.39, 0.29) is 23.4 Å². The van der Waals surface area contributed by atoms with Crippen LogP contribution in [0.25, 0.3) is 0 Å². The van der Waals surface area contributed by atoms with Crippen LogP contribution in [0.4, 0.5) is 10.8 Å². The smallest absolute Gasteiger partial charge is 0.230 e. The third kappa shape index (κ3) is 4.01. The Bertz CT molecular complexity index is 644. The van der Waals surface area contributed by atoms with E-state index in [9.17, 15) is 9.59 Å². The zero-order valence-electron chi connectivity index (χ0n) is 10.5. The number of nitrogens with zero attached hydrogens (tertiary/aromatic N) is 2. The van der Waals surface area contributed by atoms with E-state index >= 15 is 0 Å². The van der Waals surface area contributed by atoms with Gasteiger partial charge in [-0.1, -0.05) is 11.6 Å². The van der Waals surface area contributed by atoms with Gasteiger partial charge in [0.2, 0.25) is 11.8 Å². The van der Waals surface area contributed by atoms with Gasteiger partial charge in [0.1, 0.15) is 0 Å². The average Bonchev–Trinajstić information content (AvgIpc) is 2.78. The predicted molar refractivity (Wildman–Crippen MR) is 78.0 cm³/mol. The van der Waals surface area contributed by atoms with Gasteiger partial charge in [-0.3, -0.25) is 9.59 Å². The van der Waals surface area contributed by atoms with Crippen molar-refractivity contribution in [3.8, 4) is 0 Å². The van der Waals surface area contributed by atoms with Crippen molar-refractivity contribution < 1.29 is 9.59 Å². The van der Waals surface area contributed by atoms with Crippen molar-refractivity contribution in [1.29, 1.82) is 0 Å². The molecule has 0 aromatic carbocycles. The fourth-order valence-corrected chi connectivity index (χ4v) is 2.36. The van der Waals surface area contributed by atoms with Crippen molar-refractivity contribution in [1.82, 2.24) is 9.97 Å². The summed E-state index contributed by atoms with van der Waals surface area (Å²) in [6.45, 7) is 1.40. The summed E-state index contributed by atoms with van der Waals surface area (Å²) in [6.07, 6.45) is 1.64. The molecule has 0 unspecified atom stereocenters. The fraction of sp³-hybridized carbons (Fsp3) is 0.167. The van der Waals surface area contributed by atoms with Gasteiger partial charge in [-0.25, -0.2) is 9.97 Å². The Labute approximate surface area is 124 Å². The Morgan fingerprint density at radius 2 is 2.20 bits per heavy atom. The molecule has 2 heterocycles. The highest BCUT2D eigenvalue weighted by atomic mass is 35.5. The molecule has 0 spiro atoms. The van der Waals surface area contributed by atoms with Crippen molar-refractivity contribution in [3.05, 3.63) is 34.6 Å². The second-order valence-corrected chi connectivity index (χ2v) is 5.11. The van der Waals surface area contributed by atoms with Crippen LogP contribution in [-0.2, 0) is 16.0 Å². The number of thiazole rings is 1. The molecule has 0 aliphatic rings. The zero-order valence-corrected chi connectivity index (χ0v) is 12.1. The predicted octanol–water partition coefficient (Wildman–Crippen LogP) is 2.33. The van der Waals surface area contributed by atoms with Crippen LogP contribution in [-0.4, -0.2) is 21.8 Å². The highest BCUT2D eigenvalue weighted by molar-refractivity contribution is 7.13. The number of halogens is 1. The molecule has 8 heteroatoms. The van der Waals surface area contributed by atoms with Crippen LogP contribution in [0, 0.1) is 0 Å². The maximum absolute atomic E-state index is 11.8. The van der Waals surface area contributed by atoms with Crippen LogP contribution in [0.1, 0.15) is 12.6 Å². The number of carbonyl (C=O) groups excluding carboxylic acids is 2. The Morgan fingerprint density at radius 3 is 2.90 bits per heavy atom. The van der Waals surface area contributed by atoms with E-state index in [0.717, 1.165) is 0 Å². The summed E-state index contributed by atoms with van der Waals surface area (Å²) in [6, 6.07) is 3.34. The third-order valence-corrected chi connectivity index (χ3v) is 3.32. The van der Waals surface area contributed by atoms with Crippen LogP contribution in [0.3, 0.4) is 0 Å². The molecule has 0 radical (unpaired) electrons. The Balaban J connectivity index is 1.96. The SMILES string of the molecule is CC(=O)Nc1nc(CC(=O)Nc2cccnc2Cl)cs1. The minimum Gasteiger partial charge on any atom is -0.323 e. The highest BCUT2D eigenvalue weighted by Gasteiger charge is 2.10. The second kappa shape index (κ2) is 6.44. The van der Waals surface area contributed by atoms with Gasteiger partial charge in [-0.15, -0.1) is 11.3 Å².